The third kappa shape index (κ3) is 6.52. The number of carbonyl (C=O) groups excluding carboxylic acids is 1. The quantitative estimate of drug-likeness (QED) is 0.261. The SMILES string of the molecule is C=C(C)C(=O)OC(O)CC[N+](CC)(CC)CC.[Br-]. The molecule has 0 aliphatic heterocycles. The summed E-state index contributed by atoms with van der Waals surface area (Å²) < 4.78 is 5.78. The first-order chi connectivity index (χ1) is 7.90. The van der Waals surface area contributed by atoms with E-state index in [0.717, 1.165) is 30.7 Å². The molecule has 0 saturated carbocycles. The fraction of sp³-hybridized carbons (Fsp3) is 0.769. The number of nitrogens with zero attached hydrogens (tertiary/aromatic N) is 1. The molecule has 1 N–H and O–H groups in total. The van der Waals surface area contributed by atoms with Crippen LogP contribution in [0.4, 0.5) is 0 Å². The predicted octanol–water partition coefficient (Wildman–Crippen LogP) is -1.31. The van der Waals surface area contributed by atoms with E-state index in [4.69, 9.17) is 4.74 Å². The van der Waals surface area contributed by atoms with Crippen LogP contribution in [-0.2, 0) is 9.53 Å². The van der Waals surface area contributed by atoms with Gasteiger partial charge in [-0.1, -0.05) is 6.58 Å². The lowest BCUT2D eigenvalue weighted by Crippen LogP contribution is -3.00. The fourth-order valence-corrected chi connectivity index (χ4v) is 1.81. The van der Waals surface area contributed by atoms with Crippen LogP contribution in [0.2, 0.25) is 0 Å². The smallest absolute Gasteiger partial charge is 0.335 e. The van der Waals surface area contributed by atoms with Gasteiger partial charge in [-0.15, -0.1) is 0 Å². The minimum Gasteiger partial charge on any atom is -1.00 e. The Balaban J connectivity index is 0. The van der Waals surface area contributed by atoms with Gasteiger partial charge in [-0.05, 0) is 27.7 Å². The zero-order valence-electron chi connectivity index (χ0n) is 11.9. The lowest BCUT2D eigenvalue weighted by atomic mass is 10.2. The average Bonchev–Trinajstić information content (AvgIpc) is 2.31. The highest BCUT2D eigenvalue weighted by atomic mass is 79.9. The Hall–Kier alpha value is -0.390. The maximum Gasteiger partial charge on any atom is 0.335 e. The van der Waals surface area contributed by atoms with Crippen molar-refractivity contribution >= 4 is 5.97 Å². The number of ether oxygens (including phenoxy) is 1. The van der Waals surface area contributed by atoms with Gasteiger partial charge in [-0.3, -0.25) is 0 Å². The van der Waals surface area contributed by atoms with E-state index in [-0.39, 0.29) is 17.0 Å². The maximum atomic E-state index is 11.2. The van der Waals surface area contributed by atoms with Gasteiger partial charge in [0, 0.05) is 5.57 Å². The van der Waals surface area contributed by atoms with Gasteiger partial charge >= 0.3 is 5.97 Å². The van der Waals surface area contributed by atoms with E-state index < -0.39 is 12.3 Å². The molecular formula is C13H26BrNO3. The minimum atomic E-state index is -1.03. The molecule has 0 rings (SSSR count). The summed E-state index contributed by atoms with van der Waals surface area (Å²) in [6.07, 6.45) is -0.560. The first kappa shape index (κ1) is 19.9. The molecule has 0 aromatic rings. The molecule has 0 saturated heterocycles. The summed E-state index contributed by atoms with van der Waals surface area (Å²) in [4.78, 5) is 11.2. The van der Waals surface area contributed by atoms with Gasteiger partial charge < -0.3 is 31.3 Å². The molecule has 5 heteroatoms. The normalized spacial score (nSPS) is 12.5. The molecular weight excluding hydrogens is 298 g/mol. The summed E-state index contributed by atoms with van der Waals surface area (Å²) in [6, 6.07) is 0. The second-order valence-electron chi connectivity index (χ2n) is 4.44. The number of hydrogen-bond donors (Lipinski definition) is 1. The van der Waals surface area contributed by atoms with Crippen LogP contribution in [0.3, 0.4) is 0 Å². The van der Waals surface area contributed by atoms with Crippen LogP contribution in [0.5, 0.6) is 0 Å². The van der Waals surface area contributed by atoms with Crippen molar-refractivity contribution in [3.05, 3.63) is 12.2 Å². The van der Waals surface area contributed by atoms with Crippen molar-refractivity contribution in [1.82, 2.24) is 0 Å². The van der Waals surface area contributed by atoms with Gasteiger partial charge in [0.15, 0.2) is 0 Å². The molecule has 0 fully saturated rings. The third-order valence-electron chi connectivity index (χ3n) is 3.45. The first-order valence-corrected chi connectivity index (χ1v) is 6.30. The van der Waals surface area contributed by atoms with Crippen LogP contribution < -0.4 is 17.0 Å². The molecule has 4 nitrogen and oxygen atoms in total. The molecule has 18 heavy (non-hydrogen) atoms. The summed E-state index contributed by atoms with van der Waals surface area (Å²) >= 11 is 0. The molecule has 1 unspecified atom stereocenters. The zero-order valence-corrected chi connectivity index (χ0v) is 13.5. The third-order valence-corrected chi connectivity index (χ3v) is 3.45. The monoisotopic (exact) mass is 323 g/mol. The van der Waals surface area contributed by atoms with E-state index in [1.165, 1.54) is 0 Å². The number of hydrogen-bond acceptors (Lipinski definition) is 3. The number of quaternary nitrogens is 1. The van der Waals surface area contributed by atoms with Gasteiger partial charge in [0.1, 0.15) is 0 Å². The standard InChI is InChI=1S/C13H26NO3.BrH/c1-6-14(7-2,8-3)10-9-12(15)17-13(16)11(4)5;/h12,15H,4,6-10H2,1-3,5H3;1H/q+1;/p-1. The van der Waals surface area contributed by atoms with E-state index in [1.807, 2.05) is 0 Å². The Morgan fingerprint density at radius 2 is 1.72 bits per heavy atom. The number of aliphatic hydroxyl groups is 1. The Labute approximate surface area is 121 Å². The minimum absolute atomic E-state index is 0. The van der Waals surface area contributed by atoms with E-state index in [0.29, 0.717) is 12.0 Å². The molecule has 0 bridgehead atoms. The van der Waals surface area contributed by atoms with Gasteiger partial charge in [-0.2, -0.15) is 0 Å². The highest BCUT2D eigenvalue weighted by Gasteiger charge is 2.23. The summed E-state index contributed by atoms with van der Waals surface area (Å²) in [5.74, 6) is -0.528. The van der Waals surface area contributed by atoms with Gasteiger partial charge in [0.25, 0.3) is 0 Å². The van der Waals surface area contributed by atoms with Gasteiger partial charge in [-0.25, -0.2) is 4.79 Å². The zero-order chi connectivity index (χ0) is 13.5. The fourth-order valence-electron chi connectivity index (χ4n) is 1.81. The molecule has 0 aromatic carbocycles. The van der Waals surface area contributed by atoms with Crippen molar-refractivity contribution in [3.8, 4) is 0 Å². The Morgan fingerprint density at radius 1 is 1.28 bits per heavy atom. The molecule has 1 atom stereocenters. The number of aliphatic hydroxyl groups excluding tert-OH is 1. The molecule has 0 aliphatic carbocycles. The van der Waals surface area contributed by atoms with Crippen LogP contribution in [-0.4, -0.2) is 48.0 Å². The van der Waals surface area contributed by atoms with Crippen molar-refractivity contribution in [2.24, 2.45) is 0 Å². The van der Waals surface area contributed by atoms with Gasteiger partial charge in [0.2, 0.25) is 6.29 Å². The molecule has 0 aliphatic rings. The van der Waals surface area contributed by atoms with Crippen molar-refractivity contribution in [2.45, 2.75) is 40.4 Å². The van der Waals surface area contributed by atoms with E-state index in [1.54, 1.807) is 6.92 Å². The topological polar surface area (TPSA) is 46.5 Å². The predicted molar refractivity (Wildman–Crippen MR) is 68.3 cm³/mol. The number of halogens is 1. The summed E-state index contributed by atoms with van der Waals surface area (Å²) in [5.41, 5.74) is 0.311. The second-order valence-corrected chi connectivity index (χ2v) is 4.44. The molecule has 108 valence electrons. The van der Waals surface area contributed by atoms with Crippen LogP contribution in [0.15, 0.2) is 12.2 Å². The Kier molecular flexibility index (Phi) is 10.6. The maximum absolute atomic E-state index is 11.2. The summed E-state index contributed by atoms with van der Waals surface area (Å²) in [6.45, 7) is 15.3. The second kappa shape index (κ2) is 9.53. The van der Waals surface area contributed by atoms with Crippen LogP contribution in [0, 0.1) is 0 Å². The molecule has 0 amide bonds. The van der Waals surface area contributed by atoms with Crippen molar-refractivity contribution in [2.75, 3.05) is 26.2 Å². The van der Waals surface area contributed by atoms with E-state index in [9.17, 15) is 9.90 Å². The van der Waals surface area contributed by atoms with Crippen LogP contribution in [0.25, 0.3) is 0 Å². The summed E-state index contributed by atoms with van der Waals surface area (Å²) in [5, 5.41) is 9.62. The molecule has 0 spiro atoms. The highest BCUT2D eigenvalue weighted by Crippen LogP contribution is 2.10. The average molecular weight is 324 g/mol. The van der Waals surface area contributed by atoms with E-state index >= 15 is 0 Å². The molecule has 0 heterocycles. The molecule has 0 aromatic heterocycles. The number of rotatable bonds is 8. The highest BCUT2D eigenvalue weighted by molar-refractivity contribution is 5.86. The van der Waals surface area contributed by atoms with Crippen molar-refractivity contribution in [3.63, 3.8) is 0 Å². The van der Waals surface area contributed by atoms with Crippen LogP contribution >= 0.6 is 0 Å². The van der Waals surface area contributed by atoms with E-state index in [2.05, 4.69) is 27.4 Å². The molecule has 0 radical (unpaired) electrons. The lowest BCUT2D eigenvalue weighted by molar-refractivity contribution is -0.924. The number of carbonyl (C=O) groups is 1. The number of esters is 1. The van der Waals surface area contributed by atoms with Gasteiger partial charge in [0.05, 0.1) is 32.6 Å². The Morgan fingerprint density at radius 3 is 2.06 bits per heavy atom. The summed E-state index contributed by atoms with van der Waals surface area (Å²) in [7, 11) is 0. The van der Waals surface area contributed by atoms with Crippen LogP contribution in [0.1, 0.15) is 34.1 Å². The largest absolute Gasteiger partial charge is 1.00 e. The lowest BCUT2D eigenvalue weighted by Gasteiger charge is -2.36. The Bertz CT molecular complexity index is 257. The first-order valence-electron chi connectivity index (χ1n) is 6.30. The van der Waals surface area contributed by atoms with Crippen molar-refractivity contribution < 1.29 is 36.1 Å². The van der Waals surface area contributed by atoms with Crippen molar-refractivity contribution in [1.29, 1.82) is 0 Å².